The van der Waals surface area contributed by atoms with E-state index in [1.54, 1.807) is 24.3 Å². The van der Waals surface area contributed by atoms with Gasteiger partial charge < -0.3 is 28.5 Å². The molecule has 2 rings (SSSR count). The van der Waals surface area contributed by atoms with E-state index in [-0.39, 0.29) is 37.6 Å². The second-order valence-electron chi connectivity index (χ2n) is 8.37. The topological polar surface area (TPSA) is 114 Å². The van der Waals surface area contributed by atoms with E-state index in [0.717, 1.165) is 18.4 Å². The molecule has 0 aromatic heterocycles. The molecule has 0 amide bonds. The molecular weight excluding hydrogens is 468 g/mol. The lowest BCUT2D eigenvalue weighted by molar-refractivity contribution is -0.148. The van der Waals surface area contributed by atoms with Crippen molar-refractivity contribution in [3.63, 3.8) is 0 Å². The van der Waals surface area contributed by atoms with Crippen LogP contribution in [0.2, 0.25) is 0 Å². The summed E-state index contributed by atoms with van der Waals surface area (Å²) in [6, 6.07) is 6.57. The fraction of sp³-hybridized carbons (Fsp3) is 0.481. The van der Waals surface area contributed by atoms with Crippen LogP contribution in [0.1, 0.15) is 38.5 Å². The normalized spacial score (nSPS) is 17.8. The summed E-state index contributed by atoms with van der Waals surface area (Å²) in [6.07, 6.45) is 6.49. The minimum absolute atomic E-state index is 0.0411. The molecule has 1 atom stereocenters. The van der Waals surface area contributed by atoms with Crippen molar-refractivity contribution < 1.29 is 42.9 Å². The average Bonchev–Trinajstić information content (AvgIpc) is 2.91. The van der Waals surface area contributed by atoms with Crippen molar-refractivity contribution >= 4 is 24.2 Å². The van der Waals surface area contributed by atoms with Crippen LogP contribution in [0.15, 0.2) is 49.6 Å². The molecule has 0 aliphatic heterocycles. The minimum atomic E-state index is -0.659. The molecule has 1 aliphatic rings. The highest BCUT2D eigenvalue weighted by Gasteiger charge is 2.27. The van der Waals surface area contributed by atoms with Gasteiger partial charge in [-0.3, -0.25) is 4.79 Å². The number of aldehydes is 1. The molecule has 1 aromatic carbocycles. The Bertz CT molecular complexity index is 870. The van der Waals surface area contributed by atoms with Crippen LogP contribution in [0.25, 0.3) is 0 Å². The zero-order valence-corrected chi connectivity index (χ0v) is 20.4. The predicted octanol–water partition coefficient (Wildman–Crippen LogP) is 3.60. The lowest BCUT2D eigenvalue weighted by Gasteiger charge is -2.23. The first-order valence-corrected chi connectivity index (χ1v) is 12.0. The van der Waals surface area contributed by atoms with Gasteiger partial charge in [0, 0.05) is 24.7 Å². The molecular formula is C27H34O9. The Balaban J connectivity index is 1.74. The van der Waals surface area contributed by atoms with Crippen LogP contribution < -0.4 is 9.47 Å². The van der Waals surface area contributed by atoms with E-state index in [4.69, 9.17) is 23.7 Å². The number of hydrogen-bond acceptors (Lipinski definition) is 9. The summed E-state index contributed by atoms with van der Waals surface area (Å²) < 4.78 is 26.9. The van der Waals surface area contributed by atoms with Gasteiger partial charge in [0.05, 0.1) is 19.1 Å². The maximum Gasteiger partial charge on any atom is 0.330 e. The highest BCUT2D eigenvalue weighted by molar-refractivity contribution is 5.81. The van der Waals surface area contributed by atoms with Gasteiger partial charge in [-0.05, 0) is 62.8 Å². The van der Waals surface area contributed by atoms with E-state index in [2.05, 4.69) is 13.2 Å². The van der Waals surface area contributed by atoms with Crippen molar-refractivity contribution in [3.05, 3.63) is 49.6 Å². The molecule has 9 heteroatoms. The maximum absolute atomic E-state index is 12.4. The summed E-state index contributed by atoms with van der Waals surface area (Å²) in [5.74, 6) is -0.590. The van der Waals surface area contributed by atoms with Crippen LogP contribution in [0.3, 0.4) is 0 Å². The highest BCUT2D eigenvalue weighted by atomic mass is 16.6. The van der Waals surface area contributed by atoms with E-state index in [1.165, 1.54) is 0 Å². The Morgan fingerprint density at radius 1 is 0.889 bits per heavy atom. The van der Waals surface area contributed by atoms with Gasteiger partial charge >= 0.3 is 17.9 Å². The summed E-state index contributed by atoms with van der Waals surface area (Å²) in [6.45, 7) is 7.56. The molecule has 0 heterocycles. The third-order valence-electron chi connectivity index (χ3n) is 5.62. The molecule has 1 unspecified atom stereocenters. The molecule has 0 N–H and O–H groups in total. The number of rotatable bonds is 16. The van der Waals surface area contributed by atoms with E-state index in [1.807, 2.05) is 0 Å². The minimum Gasteiger partial charge on any atom is -0.490 e. The monoisotopic (exact) mass is 502 g/mol. The SMILES string of the molecule is C=CC(=O)OCCCCOCC(COc1ccc(OC(=O)C2CCC(C=O)CC2)cc1)OC(=O)C=C. The van der Waals surface area contributed by atoms with Gasteiger partial charge in [0.1, 0.15) is 24.4 Å². The number of ether oxygens (including phenoxy) is 5. The van der Waals surface area contributed by atoms with Crippen LogP contribution in [0, 0.1) is 11.8 Å². The Kier molecular flexibility index (Phi) is 13.0. The number of hydrogen-bond donors (Lipinski definition) is 0. The molecule has 0 radical (unpaired) electrons. The first kappa shape index (κ1) is 28.8. The van der Waals surface area contributed by atoms with Crippen molar-refractivity contribution in [2.45, 2.75) is 44.6 Å². The largest absolute Gasteiger partial charge is 0.490 e. The number of carbonyl (C=O) groups is 4. The van der Waals surface area contributed by atoms with E-state index >= 15 is 0 Å². The number of esters is 3. The van der Waals surface area contributed by atoms with Crippen molar-refractivity contribution in [2.75, 3.05) is 26.4 Å². The molecule has 0 bridgehead atoms. The average molecular weight is 503 g/mol. The molecule has 1 aliphatic carbocycles. The molecule has 1 saturated carbocycles. The van der Waals surface area contributed by atoms with Gasteiger partial charge in [0.15, 0.2) is 6.10 Å². The quantitative estimate of drug-likeness (QED) is 0.110. The van der Waals surface area contributed by atoms with Gasteiger partial charge in [0.2, 0.25) is 0 Å². The van der Waals surface area contributed by atoms with Crippen LogP contribution in [0.4, 0.5) is 0 Å². The molecule has 196 valence electrons. The Morgan fingerprint density at radius 2 is 1.53 bits per heavy atom. The first-order chi connectivity index (χ1) is 17.4. The molecule has 9 nitrogen and oxygen atoms in total. The third-order valence-corrected chi connectivity index (χ3v) is 5.62. The summed E-state index contributed by atoms with van der Waals surface area (Å²) in [5.41, 5.74) is 0. The standard InChI is InChI=1S/C27H34O9/c1-3-25(29)33-16-6-5-15-32-18-24(35-26(30)4-2)19-34-22-11-13-23(14-12-22)36-27(31)21-9-7-20(17-28)8-10-21/h3-4,11-14,17,20-21,24H,1-2,5-10,15-16,18-19H2. The summed E-state index contributed by atoms with van der Waals surface area (Å²) >= 11 is 0. The summed E-state index contributed by atoms with van der Waals surface area (Å²) in [7, 11) is 0. The van der Waals surface area contributed by atoms with Crippen molar-refractivity contribution in [1.29, 1.82) is 0 Å². The number of carbonyl (C=O) groups excluding carboxylic acids is 4. The van der Waals surface area contributed by atoms with Crippen LogP contribution >= 0.6 is 0 Å². The second-order valence-corrected chi connectivity index (χ2v) is 8.37. The summed E-state index contributed by atoms with van der Waals surface area (Å²) in [4.78, 5) is 45.9. The number of benzene rings is 1. The Labute approximate surface area is 211 Å². The van der Waals surface area contributed by atoms with Crippen molar-refractivity contribution in [1.82, 2.24) is 0 Å². The fourth-order valence-corrected chi connectivity index (χ4v) is 3.56. The first-order valence-electron chi connectivity index (χ1n) is 12.0. The lowest BCUT2D eigenvalue weighted by atomic mass is 9.83. The van der Waals surface area contributed by atoms with Crippen LogP contribution in [0.5, 0.6) is 11.5 Å². The molecule has 0 spiro atoms. The summed E-state index contributed by atoms with van der Waals surface area (Å²) in [5, 5.41) is 0. The second kappa shape index (κ2) is 16.3. The van der Waals surface area contributed by atoms with Crippen LogP contribution in [-0.4, -0.2) is 56.7 Å². The van der Waals surface area contributed by atoms with Crippen LogP contribution in [-0.2, 0) is 33.4 Å². The third kappa shape index (κ3) is 10.9. The Morgan fingerprint density at radius 3 is 2.17 bits per heavy atom. The Hall–Kier alpha value is -3.46. The molecule has 36 heavy (non-hydrogen) atoms. The van der Waals surface area contributed by atoms with E-state index in [9.17, 15) is 19.2 Å². The zero-order valence-electron chi connectivity index (χ0n) is 20.4. The highest BCUT2D eigenvalue weighted by Crippen LogP contribution is 2.29. The smallest absolute Gasteiger partial charge is 0.330 e. The van der Waals surface area contributed by atoms with Gasteiger partial charge in [-0.2, -0.15) is 0 Å². The van der Waals surface area contributed by atoms with Gasteiger partial charge in [-0.1, -0.05) is 13.2 Å². The van der Waals surface area contributed by atoms with E-state index in [0.29, 0.717) is 56.6 Å². The van der Waals surface area contributed by atoms with Gasteiger partial charge in [-0.15, -0.1) is 0 Å². The molecule has 1 fully saturated rings. The molecule has 0 saturated heterocycles. The van der Waals surface area contributed by atoms with E-state index < -0.39 is 18.0 Å². The van der Waals surface area contributed by atoms with Gasteiger partial charge in [0.25, 0.3) is 0 Å². The predicted molar refractivity (Wildman–Crippen MR) is 130 cm³/mol. The zero-order chi connectivity index (χ0) is 26.2. The lowest BCUT2D eigenvalue weighted by Crippen LogP contribution is -2.29. The fourth-order valence-electron chi connectivity index (χ4n) is 3.56. The van der Waals surface area contributed by atoms with Crippen molar-refractivity contribution in [2.24, 2.45) is 11.8 Å². The molecule has 1 aromatic rings. The van der Waals surface area contributed by atoms with Crippen molar-refractivity contribution in [3.8, 4) is 11.5 Å². The van der Waals surface area contributed by atoms with Gasteiger partial charge in [-0.25, -0.2) is 9.59 Å². The maximum atomic E-state index is 12.4. The number of unbranched alkanes of at least 4 members (excludes halogenated alkanes) is 1.